The lowest BCUT2D eigenvalue weighted by Gasteiger charge is -2.08. The first-order valence-corrected chi connectivity index (χ1v) is 5.51. The molecule has 4 nitrogen and oxygen atoms in total. The molecule has 0 saturated carbocycles. The summed E-state index contributed by atoms with van der Waals surface area (Å²) in [6, 6.07) is 0. The molecule has 0 fully saturated rings. The van der Waals surface area contributed by atoms with E-state index in [2.05, 4.69) is 16.9 Å². The van der Waals surface area contributed by atoms with Crippen molar-refractivity contribution in [1.29, 1.82) is 0 Å². The minimum atomic E-state index is -0.764. The van der Waals surface area contributed by atoms with Gasteiger partial charge in [-0.05, 0) is 6.42 Å². The highest BCUT2D eigenvalue weighted by molar-refractivity contribution is 8.00. The zero-order valence-electron chi connectivity index (χ0n) is 8.06. The molecule has 0 amide bonds. The summed E-state index contributed by atoms with van der Waals surface area (Å²) in [4.78, 5) is 17.7. The second kappa shape index (κ2) is 5.70. The van der Waals surface area contributed by atoms with Crippen molar-refractivity contribution in [3.05, 3.63) is 12.4 Å². The molecular formula is C9H14N2O2S. The van der Waals surface area contributed by atoms with Crippen molar-refractivity contribution in [2.75, 3.05) is 0 Å². The normalized spacial score (nSPS) is 12.6. The number of thioether (sulfide) groups is 1. The van der Waals surface area contributed by atoms with Crippen LogP contribution in [0, 0.1) is 0 Å². The zero-order valence-corrected chi connectivity index (χ0v) is 8.88. The number of rotatable bonds is 6. The quantitative estimate of drug-likeness (QED) is 0.712. The largest absolute Gasteiger partial charge is 0.480 e. The number of unbranched alkanes of at least 4 members (excludes halogenated alkanes) is 1. The summed E-state index contributed by atoms with van der Waals surface area (Å²) in [5.41, 5.74) is 0. The van der Waals surface area contributed by atoms with Gasteiger partial charge in [0.2, 0.25) is 0 Å². The lowest BCUT2D eigenvalue weighted by molar-refractivity contribution is -0.136. The molecule has 0 saturated heterocycles. The molecular weight excluding hydrogens is 200 g/mol. The Morgan fingerprint density at radius 2 is 2.57 bits per heavy atom. The fraction of sp³-hybridized carbons (Fsp3) is 0.556. The first kappa shape index (κ1) is 11.1. The molecule has 0 aliphatic carbocycles. The van der Waals surface area contributed by atoms with Crippen LogP contribution in [0.1, 0.15) is 26.2 Å². The average Bonchev–Trinajstić information content (AvgIpc) is 2.64. The molecule has 1 unspecified atom stereocenters. The molecule has 0 radical (unpaired) electrons. The van der Waals surface area contributed by atoms with Crippen molar-refractivity contribution in [2.45, 2.75) is 36.6 Å². The van der Waals surface area contributed by atoms with Crippen LogP contribution in [-0.2, 0) is 4.79 Å². The second-order valence-corrected chi connectivity index (χ2v) is 4.17. The summed E-state index contributed by atoms with van der Waals surface area (Å²) in [5, 5.41) is 9.22. The summed E-state index contributed by atoms with van der Waals surface area (Å²) in [6.45, 7) is 2.05. The number of carboxylic acid groups (broad SMARTS) is 1. The minimum Gasteiger partial charge on any atom is -0.480 e. The SMILES string of the molecule is CCCCC(Sc1ncc[nH]1)C(=O)O. The van der Waals surface area contributed by atoms with Crippen LogP contribution in [0.25, 0.3) is 0 Å². The van der Waals surface area contributed by atoms with E-state index < -0.39 is 5.97 Å². The number of imidazole rings is 1. The van der Waals surface area contributed by atoms with Crippen LogP contribution in [0.15, 0.2) is 17.6 Å². The van der Waals surface area contributed by atoms with E-state index in [1.807, 2.05) is 0 Å². The highest BCUT2D eigenvalue weighted by Crippen LogP contribution is 2.23. The third-order valence-electron chi connectivity index (χ3n) is 1.82. The summed E-state index contributed by atoms with van der Waals surface area (Å²) in [7, 11) is 0. The Kier molecular flexibility index (Phi) is 4.52. The molecule has 1 heterocycles. The third-order valence-corrected chi connectivity index (χ3v) is 2.99. The number of carbonyl (C=O) groups is 1. The molecule has 0 spiro atoms. The molecule has 0 bridgehead atoms. The van der Waals surface area contributed by atoms with E-state index in [1.165, 1.54) is 11.8 Å². The van der Waals surface area contributed by atoms with Gasteiger partial charge in [0, 0.05) is 12.4 Å². The Morgan fingerprint density at radius 3 is 3.07 bits per heavy atom. The maximum Gasteiger partial charge on any atom is 0.317 e. The minimum absolute atomic E-state index is 0.388. The van der Waals surface area contributed by atoms with Gasteiger partial charge >= 0.3 is 5.97 Å². The number of aliphatic carboxylic acids is 1. The number of carboxylic acids is 1. The van der Waals surface area contributed by atoms with E-state index >= 15 is 0 Å². The Balaban J connectivity index is 2.47. The molecule has 2 N–H and O–H groups in total. The zero-order chi connectivity index (χ0) is 10.4. The van der Waals surface area contributed by atoms with Gasteiger partial charge in [-0.25, -0.2) is 4.98 Å². The lowest BCUT2D eigenvalue weighted by Crippen LogP contribution is -2.16. The van der Waals surface area contributed by atoms with Crippen molar-refractivity contribution in [3.8, 4) is 0 Å². The van der Waals surface area contributed by atoms with E-state index in [-0.39, 0.29) is 5.25 Å². The van der Waals surface area contributed by atoms with Crippen molar-refractivity contribution >= 4 is 17.7 Å². The van der Waals surface area contributed by atoms with Gasteiger partial charge in [-0.3, -0.25) is 4.79 Å². The van der Waals surface area contributed by atoms with Crippen molar-refractivity contribution in [2.24, 2.45) is 0 Å². The highest BCUT2D eigenvalue weighted by Gasteiger charge is 2.18. The second-order valence-electron chi connectivity index (χ2n) is 2.98. The smallest absolute Gasteiger partial charge is 0.317 e. The summed E-state index contributed by atoms with van der Waals surface area (Å²) < 4.78 is 0. The van der Waals surface area contributed by atoms with Gasteiger partial charge in [0.1, 0.15) is 5.25 Å². The molecule has 78 valence electrons. The molecule has 14 heavy (non-hydrogen) atoms. The maximum atomic E-state index is 10.9. The van der Waals surface area contributed by atoms with E-state index in [9.17, 15) is 4.79 Å². The monoisotopic (exact) mass is 214 g/mol. The van der Waals surface area contributed by atoms with Gasteiger partial charge in [-0.15, -0.1) is 0 Å². The van der Waals surface area contributed by atoms with E-state index in [0.717, 1.165) is 12.8 Å². The number of H-pyrrole nitrogens is 1. The predicted molar refractivity (Wildman–Crippen MR) is 55.4 cm³/mol. The molecule has 0 aromatic carbocycles. The number of nitrogens with zero attached hydrogens (tertiary/aromatic N) is 1. The number of hydrogen-bond donors (Lipinski definition) is 2. The molecule has 1 aromatic heterocycles. The van der Waals surface area contributed by atoms with Crippen LogP contribution < -0.4 is 0 Å². The summed E-state index contributed by atoms with van der Waals surface area (Å²) in [6.07, 6.45) is 5.96. The molecule has 5 heteroatoms. The Hall–Kier alpha value is -0.970. The fourth-order valence-electron chi connectivity index (χ4n) is 1.07. The first-order chi connectivity index (χ1) is 6.74. The molecule has 1 atom stereocenters. The van der Waals surface area contributed by atoms with E-state index in [4.69, 9.17) is 5.11 Å². The van der Waals surface area contributed by atoms with E-state index in [0.29, 0.717) is 11.6 Å². The van der Waals surface area contributed by atoms with Crippen molar-refractivity contribution < 1.29 is 9.90 Å². The van der Waals surface area contributed by atoms with Crippen molar-refractivity contribution in [3.63, 3.8) is 0 Å². The predicted octanol–water partition coefficient (Wildman–Crippen LogP) is 2.15. The van der Waals surface area contributed by atoms with Gasteiger partial charge in [-0.2, -0.15) is 0 Å². The number of nitrogens with one attached hydrogen (secondary N) is 1. The van der Waals surface area contributed by atoms with Crippen LogP contribution in [-0.4, -0.2) is 26.3 Å². The Bertz CT molecular complexity index is 274. The lowest BCUT2D eigenvalue weighted by atomic mass is 10.2. The van der Waals surface area contributed by atoms with Crippen LogP contribution in [0.3, 0.4) is 0 Å². The third kappa shape index (κ3) is 3.41. The molecule has 0 aliphatic heterocycles. The number of aromatic amines is 1. The van der Waals surface area contributed by atoms with Gasteiger partial charge in [0.05, 0.1) is 0 Å². The van der Waals surface area contributed by atoms with Crippen LogP contribution in [0.4, 0.5) is 0 Å². The van der Waals surface area contributed by atoms with Gasteiger partial charge in [-0.1, -0.05) is 31.5 Å². The Labute approximate surface area is 87.1 Å². The average molecular weight is 214 g/mol. The van der Waals surface area contributed by atoms with Gasteiger partial charge in [0.15, 0.2) is 5.16 Å². The van der Waals surface area contributed by atoms with Crippen LogP contribution >= 0.6 is 11.8 Å². The maximum absolute atomic E-state index is 10.9. The standard InChI is InChI=1S/C9H14N2O2S/c1-2-3-4-7(8(12)13)14-9-10-5-6-11-9/h5-7H,2-4H2,1H3,(H,10,11)(H,12,13). The summed E-state index contributed by atoms with van der Waals surface area (Å²) in [5.74, 6) is -0.764. The van der Waals surface area contributed by atoms with E-state index in [1.54, 1.807) is 12.4 Å². The van der Waals surface area contributed by atoms with Gasteiger partial charge < -0.3 is 10.1 Å². The summed E-state index contributed by atoms with van der Waals surface area (Å²) >= 11 is 1.28. The number of hydrogen-bond acceptors (Lipinski definition) is 3. The Morgan fingerprint density at radius 1 is 1.79 bits per heavy atom. The highest BCUT2D eigenvalue weighted by atomic mass is 32.2. The van der Waals surface area contributed by atoms with Crippen LogP contribution in [0.5, 0.6) is 0 Å². The molecule has 1 aromatic rings. The fourth-order valence-corrected chi connectivity index (χ4v) is 1.98. The topological polar surface area (TPSA) is 66.0 Å². The van der Waals surface area contributed by atoms with Gasteiger partial charge in [0.25, 0.3) is 0 Å². The number of aromatic nitrogens is 2. The molecule has 1 rings (SSSR count). The molecule has 0 aliphatic rings. The first-order valence-electron chi connectivity index (χ1n) is 4.63. The van der Waals surface area contributed by atoms with Crippen LogP contribution in [0.2, 0.25) is 0 Å². The van der Waals surface area contributed by atoms with Crippen molar-refractivity contribution in [1.82, 2.24) is 9.97 Å².